The number of methoxy groups -OCH3 is 1. The van der Waals surface area contributed by atoms with Crippen molar-refractivity contribution in [2.45, 2.75) is 5.92 Å². The van der Waals surface area contributed by atoms with Crippen molar-refractivity contribution in [1.29, 1.82) is 0 Å². The molecule has 0 atom stereocenters. The van der Waals surface area contributed by atoms with Crippen LogP contribution >= 0.6 is 0 Å². The summed E-state index contributed by atoms with van der Waals surface area (Å²) >= 11 is 0. The predicted octanol–water partition coefficient (Wildman–Crippen LogP) is 1.77. The summed E-state index contributed by atoms with van der Waals surface area (Å²) in [6, 6.07) is 2.40. The van der Waals surface area contributed by atoms with Crippen molar-refractivity contribution in [3.05, 3.63) is 35.7 Å². The monoisotopic (exact) mass is 333 g/mol. The lowest BCUT2D eigenvalue weighted by Gasteiger charge is -2.26. The van der Waals surface area contributed by atoms with E-state index in [9.17, 15) is 8.78 Å². The Kier molecular flexibility index (Phi) is 3.31. The summed E-state index contributed by atoms with van der Waals surface area (Å²) in [5.41, 5.74) is 6.75. The Morgan fingerprint density at radius 1 is 1.29 bits per heavy atom. The lowest BCUT2D eigenvalue weighted by molar-refractivity contribution is 0.00530. The van der Waals surface area contributed by atoms with Gasteiger partial charge in [-0.3, -0.25) is 0 Å². The fourth-order valence-corrected chi connectivity index (χ4v) is 2.57. The summed E-state index contributed by atoms with van der Waals surface area (Å²) in [4.78, 5) is 7.98. The molecule has 3 aromatic rings. The third kappa shape index (κ3) is 2.16. The highest BCUT2D eigenvalue weighted by atomic mass is 19.1. The molecule has 1 aliphatic heterocycles. The molecule has 1 aliphatic rings. The summed E-state index contributed by atoms with van der Waals surface area (Å²) < 4.78 is 39.5. The molecule has 0 unspecified atom stereocenters. The molecule has 0 aliphatic carbocycles. The molecule has 9 heteroatoms. The zero-order valence-corrected chi connectivity index (χ0v) is 12.7. The van der Waals surface area contributed by atoms with Crippen LogP contribution in [0.4, 0.5) is 14.6 Å². The van der Waals surface area contributed by atoms with Gasteiger partial charge in [-0.05, 0) is 0 Å². The fourth-order valence-electron chi connectivity index (χ4n) is 2.57. The summed E-state index contributed by atoms with van der Waals surface area (Å²) in [5, 5.41) is 4.51. The highest BCUT2D eigenvalue weighted by Crippen LogP contribution is 2.32. The molecule has 0 spiro atoms. The van der Waals surface area contributed by atoms with Crippen molar-refractivity contribution in [3.8, 4) is 17.1 Å². The van der Waals surface area contributed by atoms with E-state index in [0.29, 0.717) is 36.4 Å². The Morgan fingerprint density at radius 2 is 2.08 bits per heavy atom. The second kappa shape index (κ2) is 5.38. The van der Waals surface area contributed by atoms with E-state index in [1.54, 1.807) is 13.2 Å². The van der Waals surface area contributed by atoms with Gasteiger partial charge in [0.25, 0.3) is 0 Å². The first-order valence-corrected chi connectivity index (χ1v) is 7.20. The van der Waals surface area contributed by atoms with E-state index in [-0.39, 0.29) is 23.1 Å². The maximum Gasteiger partial charge on any atom is 0.168 e. The normalized spacial score (nSPS) is 14.8. The number of rotatable bonds is 3. The molecule has 24 heavy (non-hydrogen) atoms. The zero-order valence-electron chi connectivity index (χ0n) is 12.7. The number of hydrogen-bond acceptors (Lipinski definition) is 6. The third-order valence-corrected chi connectivity index (χ3v) is 3.93. The van der Waals surface area contributed by atoms with Crippen LogP contribution in [-0.2, 0) is 4.74 Å². The van der Waals surface area contributed by atoms with Crippen molar-refractivity contribution in [2.24, 2.45) is 0 Å². The van der Waals surface area contributed by atoms with Crippen LogP contribution in [0.3, 0.4) is 0 Å². The van der Waals surface area contributed by atoms with E-state index in [1.807, 2.05) is 0 Å². The first-order chi connectivity index (χ1) is 11.6. The van der Waals surface area contributed by atoms with Crippen molar-refractivity contribution < 1.29 is 18.3 Å². The summed E-state index contributed by atoms with van der Waals surface area (Å²) in [7, 11) is 1.54. The third-order valence-electron chi connectivity index (χ3n) is 3.93. The van der Waals surface area contributed by atoms with Gasteiger partial charge in [0, 0.05) is 12.1 Å². The van der Waals surface area contributed by atoms with Gasteiger partial charge in [-0.1, -0.05) is 0 Å². The van der Waals surface area contributed by atoms with E-state index in [4.69, 9.17) is 15.2 Å². The number of pyridine rings is 1. The molecular weight excluding hydrogens is 320 g/mol. The van der Waals surface area contributed by atoms with Gasteiger partial charge >= 0.3 is 0 Å². The average molecular weight is 333 g/mol. The molecular formula is C15H13F2N5O2. The molecule has 2 N–H and O–H groups in total. The molecule has 7 nitrogen and oxygen atoms in total. The minimum atomic E-state index is -0.910. The maximum atomic E-state index is 14.1. The number of ether oxygens (including phenoxy) is 2. The highest BCUT2D eigenvalue weighted by Gasteiger charge is 2.27. The van der Waals surface area contributed by atoms with E-state index < -0.39 is 11.6 Å². The second-order valence-corrected chi connectivity index (χ2v) is 5.43. The van der Waals surface area contributed by atoms with Crippen molar-refractivity contribution in [1.82, 2.24) is 19.6 Å². The van der Waals surface area contributed by atoms with Gasteiger partial charge in [0.05, 0.1) is 32.4 Å². The highest BCUT2D eigenvalue weighted by molar-refractivity contribution is 5.62. The lowest BCUT2D eigenvalue weighted by atomic mass is 10.0. The first-order valence-electron chi connectivity index (χ1n) is 7.20. The van der Waals surface area contributed by atoms with E-state index >= 15 is 0 Å². The minimum Gasteiger partial charge on any atom is -0.495 e. The van der Waals surface area contributed by atoms with Gasteiger partial charge in [0.2, 0.25) is 0 Å². The molecule has 3 aromatic heterocycles. The number of nitrogen functional groups attached to an aromatic ring is 1. The molecule has 1 fully saturated rings. The SMILES string of the molecule is COc1cc2ncc(-c3nc(N)c(F)cc3F)n2nc1C1COC1. The number of anilines is 1. The fraction of sp³-hybridized carbons (Fsp3) is 0.267. The van der Waals surface area contributed by atoms with Crippen LogP contribution < -0.4 is 10.5 Å². The summed E-state index contributed by atoms with van der Waals surface area (Å²) in [6.07, 6.45) is 1.41. The van der Waals surface area contributed by atoms with Gasteiger partial charge in [-0.2, -0.15) is 5.10 Å². The topological polar surface area (TPSA) is 87.6 Å². The Labute approximate surface area is 135 Å². The minimum absolute atomic E-state index is 0.0932. The predicted molar refractivity (Wildman–Crippen MR) is 80.7 cm³/mol. The second-order valence-electron chi connectivity index (χ2n) is 5.43. The Hall–Kier alpha value is -2.81. The van der Waals surface area contributed by atoms with E-state index in [0.717, 1.165) is 0 Å². The summed E-state index contributed by atoms with van der Waals surface area (Å²) in [6.45, 7) is 1.07. The van der Waals surface area contributed by atoms with Gasteiger partial charge < -0.3 is 15.2 Å². The lowest BCUT2D eigenvalue weighted by Crippen LogP contribution is -2.27. The molecule has 0 radical (unpaired) electrons. The molecule has 4 heterocycles. The smallest absolute Gasteiger partial charge is 0.168 e. The quantitative estimate of drug-likeness (QED) is 0.786. The zero-order chi connectivity index (χ0) is 16.8. The van der Waals surface area contributed by atoms with Crippen LogP contribution in [0.5, 0.6) is 5.75 Å². The largest absolute Gasteiger partial charge is 0.495 e. The first kappa shape index (κ1) is 14.8. The number of nitrogens with two attached hydrogens (primary N) is 1. The Balaban J connectivity index is 1.92. The van der Waals surface area contributed by atoms with Crippen molar-refractivity contribution >= 4 is 11.5 Å². The molecule has 0 bridgehead atoms. The molecule has 1 saturated heterocycles. The van der Waals surface area contributed by atoms with Crippen LogP contribution in [0, 0.1) is 11.6 Å². The van der Waals surface area contributed by atoms with Gasteiger partial charge in [-0.15, -0.1) is 0 Å². The van der Waals surface area contributed by atoms with Crippen molar-refractivity contribution in [3.63, 3.8) is 0 Å². The molecule has 124 valence electrons. The molecule has 0 amide bonds. The maximum absolute atomic E-state index is 14.1. The average Bonchev–Trinajstić information content (AvgIpc) is 2.91. The Morgan fingerprint density at radius 3 is 2.75 bits per heavy atom. The number of hydrogen-bond donors (Lipinski definition) is 1. The molecule has 0 aromatic carbocycles. The standard InChI is InChI=1S/C15H13F2N5O2/c1-23-11-3-12-19-4-10(14-8(16)2-9(17)15(18)20-14)22(12)21-13(11)7-5-24-6-7/h2-4,7H,5-6H2,1H3,(H2,18,20). The van der Waals surface area contributed by atoms with Crippen LogP contribution in [-0.4, -0.2) is 39.9 Å². The number of halogens is 2. The van der Waals surface area contributed by atoms with Crippen LogP contribution in [0.25, 0.3) is 17.0 Å². The van der Waals surface area contributed by atoms with Crippen molar-refractivity contribution in [2.75, 3.05) is 26.1 Å². The number of nitrogens with zero attached hydrogens (tertiary/aromatic N) is 4. The summed E-state index contributed by atoms with van der Waals surface area (Å²) in [5.74, 6) is -1.46. The van der Waals surface area contributed by atoms with Crippen LogP contribution in [0.1, 0.15) is 11.6 Å². The number of imidazole rings is 1. The van der Waals surface area contributed by atoms with E-state index in [1.165, 1.54) is 10.7 Å². The molecule has 0 saturated carbocycles. The molecule has 4 rings (SSSR count). The number of aromatic nitrogens is 4. The Bertz CT molecular complexity index is 939. The van der Waals surface area contributed by atoms with Gasteiger partial charge in [0.15, 0.2) is 23.1 Å². The van der Waals surface area contributed by atoms with Crippen LogP contribution in [0.2, 0.25) is 0 Å². The van der Waals surface area contributed by atoms with Crippen LogP contribution in [0.15, 0.2) is 18.3 Å². The van der Waals surface area contributed by atoms with E-state index in [2.05, 4.69) is 15.1 Å². The van der Waals surface area contributed by atoms with Gasteiger partial charge in [0.1, 0.15) is 22.8 Å². The van der Waals surface area contributed by atoms with Gasteiger partial charge in [-0.25, -0.2) is 23.3 Å². The number of fused-ring (bicyclic) bond motifs is 1.